The second-order valence-electron chi connectivity index (χ2n) is 4.73. The summed E-state index contributed by atoms with van der Waals surface area (Å²) in [5.74, 6) is -1.10. The highest BCUT2D eigenvalue weighted by Gasteiger charge is 2.23. The van der Waals surface area contributed by atoms with Crippen LogP contribution in [0.2, 0.25) is 0 Å². The predicted octanol–water partition coefficient (Wildman–Crippen LogP) is 1.40. The minimum Gasteiger partial charge on any atom is -0.478 e. The highest BCUT2D eigenvalue weighted by atomic mass is 32.2. The van der Waals surface area contributed by atoms with E-state index in [2.05, 4.69) is 9.71 Å². The molecule has 1 aromatic rings. The van der Waals surface area contributed by atoms with Crippen LogP contribution in [0.3, 0.4) is 0 Å². The molecule has 0 spiro atoms. The van der Waals surface area contributed by atoms with Crippen molar-refractivity contribution in [2.75, 3.05) is 0 Å². The number of aromatic nitrogens is 1. The maximum Gasteiger partial charge on any atom is 0.328 e. The third-order valence-electron chi connectivity index (χ3n) is 3.14. The fraction of sp³-hybridized carbons (Fsp3) is 0.385. The third kappa shape index (κ3) is 3.88. The summed E-state index contributed by atoms with van der Waals surface area (Å²) in [6.07, 6.45) is 8.70. The van der Waals surface area contributed by atoms with Gasteiger partial charge in [0.15, 0.2) is 0 Å². The van der Waals surface area contributed by atoms with E-state index in [0.29, 0.717) is 5.56 Å². The van der Waals surface area contributed by atoms with Gasteiger partial charge in [-0.05, 0) is 30.5 Å². The van der Waals surface area contributed by atoms with Gasteiger partial charge in [-0.1, -0.05) is 12.8 Å². The van der Waals surface area contributed by atoms with Crippen LogP contribution in [-0.2, 0) is 14.8 Å². The van der Waals surface area contributed by atoms with Crippen LogP contribution in [0.1, 0.15) is 31.2 Å². The van der Waals surface area contributed by atoms with Gasteiger partial charge in [-0.25, -0.2) is 17.9 Å². The molecule has 2 N–H and O–H groups in total. The Morgan fingerprint density at radius 1 is 1.35 bits per heavy atom. The molecule has 1 saturated carbocycles. The topological polar surface area (TPSA) is 96.4 Å². The van der Waals surface area contributed by atoms with Crippen LogP contribution in [0, 0.1) is 0 Å². The van der Waals surface area contributed by atoms with Crippen LogP contribution in [0.4, 0.5) is 0 Å². The molecule has 0 amide bonds. The summed E-state index contributed by atoms with van der Waals surface area (Å²) >= 11 is 0. The molecule has 1 aliphatic carbocycles. The van der Waals surface area contributed by atoms with Crippen LogP contribution < -0.4 is 4.72 Å². The molecule has 0 saturated heterocycles. The monoisotopic (exact) mass is 296 g/mol. The average molecular weight is 296 g/mol. The summed E-state index contributed by atoms with van der Waals surface area (Å²) in [5, 5.41) is 8.56. The molecule has 108 valence electrons. The fourth-order valence-electron chi connectivity index (χ4n) is 2.17. The SMILES string of the molecule is O=C(O)C=Cc1cncc(S(=O)(=O)NC2CCCC2)c1. The van der Waals surface area contributed by atoms with Crippen molar-refractivity contribution in [3.63, 3.8) is 0 Å². The molecule has 0 bridgehead atoms. The Bertz CT molecular complexity index is 619. The fourth-order valence-corrected chi connectivity index (χ4v) is 3.47. The number of pyridine rings is 1. The summed E-state index contributed by atoms with van der Waals surface area (Å²) < 4.78 is 27.0. The lowest BCUT2D eigenvalue weighted by Crippen LogP contribution is -2.32. The van der Waals surface area contributed by atoms with Gasteiger partial charge >= 0.3 is 5.97 Å². The van der Waals surface area contributed by atoms with Gasteiger partial charge in [0.1, 0.15) is 4.90 Å². The van der Waals surface area contributed by atoms with Crippen molar-refractivity contribution >= 4 is 22.1 Å². The van der Waals surface area contributed by atoms with Gasteiger partial charge in [-0.15, -0.1) is 0 Å². The van der Waals surface area contributed by atoms with E-state index >= 15 is 0 Å². The van der Waals surface area contributed by atoms with Crippen LogP contribution in [0.5, 0.6) is 0 Å². The van der Waals surface area contributed by atoms with E-state index in [1.807, 2.05) is 0 Å². The van der Waals surface area contributed by atoms with Crippen molar-refractivity contribution in [2.24, 2.45) is 0 Å². The first-order valence-corrected chi connectivity index (χ1v) is 7.84. The van der Waals surface area contributed by atoms with Gasteiger partial charge in [0.25, 0.3) is 0 Å². The molecule has 0 radical (unpaired) electrons. The zero-order chi connectivity index (χ0) is 14.6. The van der Waals surface area contributed by atoms with Crippen molar-refractivity contribution in [3.8, 4) is 0 Å². The molecular formula is C13H16N2O4S. The number of carboxylic acid groups (broad SMARTS) is 1. The number of carboxylic acids is 1. The van der Waals surface area contributed by atoms with Crippen molar-refractivity contribution in [3.05, 3.63) is 30.1 Å². The van der Waals surface area contributed by atoms with Crippen molar-refractivity contribution in [1.82, 2.24) is 9.71 Å². The summed E-state index contributed by atoms with van der Waals surface area (Å²) in [6, 6.07) is 1.39. The second-order valence-corrected chi connectivity index (χ2v) is 6.44. The largest absolute Gasteiger partial charge is 0.478 e. The van der Waals surface area contributed by atoms with Crippen molar-refractivity contribution < 1.29 is 18.3 Å². The Kier molecular flexibility index (Phi) is 4.51. The van der Waals surface area contributed by atoms with E-state index in [0.717, 1.165) is 31.8 Å². The maximum atomic E-state index is 12.2. The van der Waals surface area contributed by atoms with Crippen LogP contribution in [0.25, 0.3) is 6.08 Å². The number of hydrogen-bond acceptors (Lipinski definition) is 4. The molecule has 1 aliphatic rings. The average Bonchev–Trinajstić information content (AvgIpc) is 2.89. The molecule has 1 heterocycles. The molecule has 7 heteroatoms. The van der Waals surface area contributed by atoms with Gasteiger partial charge in [0, 0.05) is 24.5 Å². The lowest BCUT2D eigenvalue weighted by Gasteiger charge is -2.12. The maximum absolute atomic E-state index is 12.2. The first-order valence-electron chi connectivity index (χ1n) is 6.36. The van der Waals surface area contributed by atoms with E-state index < -0.39 is 16.0 Å². The number of aliphatic carboxylic acids is 1. The summed E-state index contributed by atoms with van der Waals surface area (Å²) in [6.45, 7) is 0. The number of rotatable bonds is 5. The quantitative estimate of drug-likeness (QED) is 0.801. The summed E-state index contributed by atoms with van der Waals surface area (Å²) in [7, 11) is -3.60. The van der Waals surface area contributed by atoms with Gasteiger partial charge in [-0.2, -0.15) is 0 Å². The normalized spacial score (nSPS) is 16.8. The molecular weight excluding hydrogens is 280 g/mol. The first kappa shape index (κ1) is 14.7. The van der Waals surface area contributed by atoms with Gasteiger partial charge in [0.05, 0.1) is 0 Å². The standard InChI is InChI=1S/C13H16N2O4S/c16-13(17)6-5-10-7-12(9-14-8-10)20(18,19)15-11-3-1-2-4-11/h5-9,11,15H,1-4H2,(H,16,17). The van der Waals surface area contributed by atoms with Crippen molar-refractivity contribution in [1.29, 1.82) is 0 Å². The van der Waals surface area contributed by atoms with E-state index in [9.17, 15) is 13.2 Å². The smallest absolute Gasteiger partial charge is 0.328 e. The zero-order valence-corrected chi connectivity index (χ0v) is 11.6. The number of sulfonamides is 1. The molecule has 0 aromatic carbocycles. The molecule has 1 fully saturated rings. The van der Waals surface area contributed by atoms with Gasteiger partial charge in [0.2, 0.25) is 10.0 Å². The Labute approximate surface area is 117 Å². The minimum absolute atomic E-state index is 0.0155. The van der Waals surface area contributed by atoms with Crippen molar-refractivity contribution in [2.45, 2.75) is 36.6 Å². The minimum atomic E-state index is -3.60. The highest BCUT2D eigenvalue weighted by molar-refractivity contribution is 7.89. The van der Waals surface area contributed by atoms with E-state index in [-0.39, 0.29) is 10.9 Å². The Hall–Kier alpha value is -1.73. The second kappa shape index (κ2) is 6.15. The predicted molar refractivity (Wildman–Crippen MR) is 73.5 cm³/mol. The highest BCUT2D eigenvalue weighted by Crippen LogP contribution is 2.20. The Balaban J connectivity index is 2.18. The molecule has 0 atom stereocenters. The summed E-state index contributed by atoms with van der Waals surface area (Å²) in [5.41, 5.74) is 0.432. The van der Waals surface area contributed by atoms with E-state index in [1.54, 1.807) is 0 Å². The molecule has 1 aromatic heterocycles. The number of carbonyl (C=O) groups is 1. The lowest BCUT2D eigenvalue weighted by atomic mass is 10.2. The Morgan fingerprint density at radius 3 is 2.70 bits per heavy atom. The molecule has 2 rings (SSSR count). The molecule has 20 heavy (non-hydrogen) atoms. The first-order chi connectivity index (χ1) is 9.47. The number of nitrogens with one attached hydrogen (secondary N) is 1. The van der Waals surface area contributed by atoms with Gasteiger partial charge < -0.3 is 5.11 Å². The summed E-state index contributed by atoms with van der Waals surface area (Å²) in [4.78, 5) is 14.3. The third-order valence-corrected chi connectivity index (χ3v) is 4.63. The van der Waals surface area contributed by atoms with E-state index in [4.69, 9.17) is 5.11 Å². The van der Waals surface area contributed by atoms with Crippen LogP contribution >= 0.6 is 0 Å². The van der Waals surface area contributed by atoms with Gasteiger partial charge in [-0.3, -0.25) is 4.98 Å². The Morgan fingerprint density at radius 2 is 2.05 bits per heavy atom. The van der Waals surface area contributed by atoms with E-state index in [1.165, 1.54) is 24.5 Å². The van der Waals surface area contributed by atoms with Crippen LogP contribution in [-0.4, -0.2) is 30.5 Å². The van der Waals surface area contributed by atoms with Crippen LogP contribution in [0.15, 0.2) is 29.4 Å². The zero-order valence-electron chi connectivity index (χ0n) is 10.8. The molecule has 6 nitrogen and oxygen atoms in total. The lowest BCUT2D eigenvalue weighted by molar-refractivity contribution is -0.131. The number of hydrogen-bond donors (Lipinski definition) is 2. The molecule has 0 aliphatic heterocycles. The number of nitrogens with zero attached hydrogens (tertiary/aromatic N) is 1. The molecule has 0 unspecified atom stereocenters.